The van der Waals surface area contributed by atoms with Crippen LogP contribution in [0.25, 0.3) is 0 Å². The number of hydrogen-bond donors (Lipinski definition) is 3. The minimum Gasteiger partial charge on any atom is -0.338 e. The summed E-state index contributed by atoms with van der Waals surface area (Å²) in [6.07, 6.45) is 2.13. The van der Waals surface area contributed by atoms with Gasteiger partial charge in [0, 0.05) is 6.42 Å². The van der Waals surface area contributed by atoms with Gasteiger partial charge in [0.05, 0.1) is 0 Å². The minimum atomic E-state index is -1.77. The highest BCUT2D eigenvalue weighted by Crippen LogP contribution is 2.29. The number of aromatic nitrogens is 3. The van der Waals surface area contributed by atoms with Crippen molar-refractivity contribution in [1.29, 1.82) is 0 Å². The zero-order valence-electron chi connectivity index (χ0n) is 11.3. The van der Waals surface area contributed by atoms with Crippen molar-refractivity contribution >= 4 is 58.0 Å². The maximum Gasteiger partial charge on any atom is 0.228 e. The lowest BCUT2D eigenvalue weighted by molar-refractivity contribution is -0.122. The lowest BCUT2D eigenvalue weighted by atomic mass is 10.1. The summed E-state index contributed by atoms with van der Waals surface area (Å²) in [5.41, 5.74) is 2.72. The maximum absolute atomic E-state index is 11.8. The smallest absolute Gasteiger partial charge is 0.228 e. The Bertz CT molecular complexity index is 476. The van der Waals surface area contributed by atoms with Crippen LogP contribution in [0, 0.1) is 5.92 Å². The first-order valence-corrected chi connectivity index (χ1v) is 7.51. The van der Waals surface area contributed by atoms with Gasteiger partial charge in [-0.2, -0.15) is 0 Å². The zero-order chi connectivity index (χ0) is 16.0. The van der Waals surface area contributed by atoms with Gasteiger partial charge < -0.3 is 10.6 Å². The van der Waals surface area contributed by atoms with Crippen molar-refractivity contribution in [3.63, 3.8) is 0 Å². The Hall–Kier alpha value is -0.830. The third-order valence-electron chi connectivity index (χ3n) is 2.15. The van der Waals surface area contributed by atoms with Gasteiger partial charge >= 0.3 is 0 Å². The number of hydrogen-bond acceptors (Lipinski definition) is 4. The number of carbonyl (C=O) groups excluding carboxylic acids is 1. The Balaban J connectivity index is 2.61. The molecule has 1 aromatic rings. The molecule has 1 amide bonds. The molecule has 0 aromatic carbocycles. The number of rotatable bonds is 5. The highest BCUT2D eigenvalue weighted by molar-refractivity contribution is 7.80. The van der Waals surface area contributed by atoms with Crippen molar-refractivity contribution in [2.75, 3.05) is 5.43 Å². The van der Waals surface area contributed by atoms with Crippen molar-refractivity contribution in [3.05, 3.63) is 12.7 Å². The molecule has 11 heteroatoms. The Labute approximate surface area is 142 Å². The fourth-order valence-electron chi connectivity index (χ4n) is 1.33. The molecule has 0 saturated carbocycles. The molecule has 0 fully saturated rings. The molecule has 7 nitrogen and oxygen atoms in total. The van der Waals surface area contributed by atoms with Crippen LogP contribution in [-0.4, -0.2) is 35.9 Å². The summed E-state index contributed by atoms with van der Waals surface area (Å²) in [4.78, 5) is 11.8. The predicted molar refractivity (Wildman–Crippen MR) is 86.8 cm³/mol. The molecule has 0 unspecified atom stereocenters. The van der Waals surface area contributed by atoms with E-state index in [-0.39, 0.29) is 16.9 Å². The average Bonchev–Trinajstić information content (AvgIpc) is 2.78. The van der Waals surface area contributed by atoms with E-state index < -0.39 is 9.96 Å². The van der Waals surface area contributed by atoms with E-state index >= 15 is 0 Å². The second-order valence-electron chi connectivity index (χ2n) is 4.59. The molecule has 118 valence electrons. The molecule has 0 aliphatic rings. The summed E-state index contributed by atoms with van der Waals surface area (Å²) in [5.74, 6) is -0.0657. The van der Waals surface area contributed by atoms with Crippen LogP contribution in [0.3, 0.4) is 0 Å². The van der Waals surface area contributed by atoms with E-state index in [2.05, 4.69) is 26.3 Å². The van der Waals surface area contributed by atoms with Crippen molar-refractivity contribution in [2.24, 2.45) is 5.92 Å². The predicted octanol–water partition coefficient (Wildman–Crippen LogP) is 1.55. The van der Waals surface area contributed by atoms with E-state index in [4.69, 9.17) is 47.0 Å². The summed E-state index contributed by atoms with van der Waals surface area (Å²) < 4.78 is -0.369. The fourth-order valence-corrected chi connectivity index (χ4v) is 1.88. The first-order chi connectivity index (χ1) is 9.68. The molecule has 0 radical (unpaired) electrons. The second-order valence-corrected chi connectivity index (χ2v) is 7.37. The first kappa shape index (κ1) is 18.2. The Morgan fingerprint density at radius 3 is 2.33 bits per heavy atom. The number of thiocarbonyl (C=S) groups is 1. The lowest BCUT2D eigenvalue weighted by Gasteiger charge is -2.28. The van der Waals surface area contributed by atoms with Crippen LogP contribution in [0.1, 0.15) is 20.3 Å². The van der Waals surface area contributed by atoms with Gasteiger partial charge in [-0.25, -0.2) is 4.68 Å². The number of halogens is 3. The molecule has 1 rings (SSSR count). The van der Waals surface area contributed by atoms with E-state index in [1.807, 2.05) is 13.8 Å². The third-order valence-corrected chi connectivity index (χ3v) is 3.01. The van der Waals surface area contributed by atoms with Crippen LogP contribution in [0.5, 0.6) is 0 Å². The van der Waals surface area contributed by atoms with Gasteiger partial charge in [-0.3, -0.25) is 10.2 Å². The highest BCUT2D eigenvalue weighted by Gasteiger charge is 2.34. The van der Waals surface area contributed by atoms with Crippen molar-refractivity contribution in [3.8, 4) is 0 Å². The SMILES string of the molecule is CC(C)CC(=O)N[C@@H](NC(=S)Nn1cnnc1)C(Cl)(Cl)Cl. The quantitative estimate of drug-likeness (QED) is 0.413. The number of nitrogens with one attached hydrogen (secondary N) is 3. The molecule has 0 bridgehead atoms. The van der Waals surface area contributed by atoms with Gasteiger partial charge in [-0.1, -0.05) is 48.7 Å². The highest BCUT2D eigenvalue weighted by atomic mass is 35.6. The molecule has 0 aliphatic heterocycles. The summed E-state index contributed by atoms with van der Waals surface area (Å²) in [6, 6.07) is 0. The maximum atomic E-state index is 11.8. The van der Waals surface area contributed by atoms with Crippen molar-refractivity contribution in [1.82, 2.24) is 25.5 Å². The Morgan fingerprint density at radius 1 is 1.29 bits per heavy atom. The number of carbonyl (C=O) groups is 1. The van der Waals surface area contributed by atoms with E-state index in [0.29, 0.717) is 6.42 Å². The Kier molecular flexibility index (Phi) is 6.92. The van der Waals surface area contributed by atoms with Gasteiger partial charge in [0.25, 0.3) is 0 Å². The van der Waals surface area contributed by atoms with Crippen molar-refractivity contribution < 1.29 is 4.79 Å². The van der Waals surface area contributed by atoms with Crippen LogP contribution >= 0.6 is 47.0 Å². The zero-order valence-corrected chi connectivity index (χ0v) is 14.4. The van der Waals surface area contributed by atoms with Crippen molar-refractivity contribution in [2.45, 2.75) is 30.2 Å². The van der Waals surface area contributed by atoms with E-state index in [0.717, 1.165) is 0 Å². The Morgan fingerprint density at radius 2 is 1.86 bits per heavy atom. The molecular weight excluding hydrogens is 359 g/mol. The molecule has 1 heterocycles. The lowest BCUT2D eigenvalue weighted by Crippen LogP contribution is -2.56. The van der Waals surface area contributed by atoms with Crippen LogP contribution < -0.4 is 16.1 Å². The summed E-state index contributed by atoms with van der Waals surface area (Å²) in [6.45, 7) is 3.82. The number of alkyl halides is 3. The molecule has 3 N–H and O–H groups in total. The van der Waals surface area contributed by atoms with Crippen LogP contribution in [0.15, 0.2) is 12.7 Å². The van der Waals surface area contributed by atoms with E-state index in [1.165, 1.54) is 17.3 Å². The molecule has 0 spiro atoms. The summed E-state index contributed by atoms with van der Waals surface area (Å²) >= 11 is 22.6. The van der Waals surface area contributed by atoms with E-state index in [9.17, 15) is 4.79 Å². The van der Waals surface area contributed by atoms with Crippen LogP contribution in [0.2, 0.25) is 0 Å². The number of nitrogens with zero attached hydrogens (tertiary/aromatic N) is 3. The molecule has 1 atom stereocenters. The molecule has 0 aliphatic carbocycles. The molecule has 0 saturated heterocycles. The normalized spacial score (nSPS) is 12.9. The van der Waals surface area contributed by atoms with Gasteiger partial charge in [-0.05, 0) is 18.1 Å². The topological polar surface area (TPSA) is 83.9 Å². The van der Waals surface area contributed by atoms with Gasteiger partial charge in [0.1, 0.15) is 18.8 Å². The second kappa shape index (κ2) is 7.98. The minimum absolute atomic E-state index is 0.135. The fraction of sp³-hybridized carbons (Fsp3) is 0.600. The standard InChI is InChI=1S/C10H15Cl3N6OS/c1-6(2)3-7(20)16-8(10(11,12)13)17-9(21)18-19-4-14-15-5-19/h4-6,8H,3H2,1-2H3,(H,16,20)(H2,17,18,21)/t8-/m0/s1. The average molecular weight is 374 g/mol. The molecule has 1 aromatic heterocycles. The summed E-state index contributed by atoms with van der Waals surface area (Å²) in [5, 5.41) is 12.6. The van der Waals surface area contributed by atoms with Crippen LogP contribution in [0.4, 0.5) is 0 Å². The van der Waals surface area contributed by atoms with Gasteiger partial charge in [-0.15, -0.1) is 10.2 Å². The number of amides is 1. The summed E-state index contributed by atoms with van der Waals surface area (Å²) in [7, 11) is 0. The largest absolute Gasteiger partial charge is 0.338 e. The van der Waals surface area contributed by atoms with Crippen LogP contribution in [-0.2, 0) is 4.79 Å². The van der Waals surface area contributed by atoms with E-state index in [1.54, 1.807) is 0 Å². The third kappa shape index (κ3) is 7.12. The molecular formula is C10H15Cl3N6OS. The van der Waals surface area contributed by atoms with Gasteiger partial charge in [0.15, 0.2) is 5.11 Å². The molecule has 21 heavy (non-hydrogen) atoms. The van der Waals surface area contributed by atoms with Gasteiger partial charge in [0.2, 0.25) is 9.70 Å². The first-order valence-electron chi connectivity index (χ1n) is 5.96. The monoisotopic (exact) mass is 372 g/mol.